The maximum absolute atomic E-state index is 12.4. The summed E-state index contributed by atoms with van der Waals surface area (Å²) in [6.45, 7) is 8.48. The van der Waals surface area contributed by atoms with Gasteiger partial charge in [-0.05, 0) is 76.0 Å². The summed E-state index contributed by atoms with van der Waals surface area (Å²) in [7, 11) is 0. The van der Waals surface area contributed by atoms with Crippen LogP contribution in [0.15, 0.2) is 30.3 Å². The van der Waals surface area contributed by atoms with Crippen LogP contribution in [-0.4, -0.2) is 77.4 Å². The van der Waals surface area contributed by atoms with Crippen LogP contribution in [0.3, 0.4) is 0 Å². The second-order valence-corrected chi connectivity index (χ2v) is 9.50. The lowest BCUT2D eigenvalue weighted by Gasteiger charge is -2.36. The van der Waals surface area contributed by atoms with Crippen molar-refractivity contribution in [1.82, 2.24) is 19.6 Å². The molecule has 2 aromatic rings. The van der Waals surface area contributed by atoms with Gasteiger partial charge < -0.3 is 14.4 Å². The molecular formula is C24H31F3N4O2. The molecule has 3 aliphatic heterocycles. The lowest BCUT2D eigenvalue weighted by atomic mass is 9.93. The molecule has 33 heavy (non-hydrogen) atoms. The van der Waals surface area contributed by atoms with Crippen LogP contribution >= 0.6 is 0 Å². The fourth-order valence-electron chi connectivity index (χ4n) is 5.37. The number of halogens is 3. The fraction of sp³-hybridized carbons (Fsp3) is 0.625. The van der Waals surface area contributed by atoms with E-state index in [0.29, 0.717) is 18.1 Å². The van der Waals surface area contributed by atoms with Crippen LogP contribution < -0.4 is 4.74 Å². The number of morpholine rings is 1. The Bertz CT molecular complexity index is 926. The van der Waals surface area contributed by atoms with Gasteiger partial charge >= 0.3 is 6.36 Å². The Kier molecular flexibility index (Phi) is 6.37. The number of piperidine rings is 1. The quantitative estimate of drug-likeness (QED) is 0.644. The number of fused-ring (bicyclic) bond motifs is 2. The van der Waals surface area contributed by atoms with Gasteiger partial charge in [0.2, 0.25) is 0 Å². The van der Waals surface area contributed by atoms with Crippen LogP contribution in [0.4, 0.5) is 13.2 Å². The predicted octanol–water partition coefficient (Wildman–Crippen LogP) is 4.12. The third kappa shape index (κ3) is 5.53. The van der Waals surface area contributed by atoms with Crippen LogP contribution in [0.25, 0.3) is 5.69 Å². The van der Waals surface area contributed by atoms with E-state index in [9.17, 15) is 13.2 Å². The first-order valence-electron chi connectivity index (χ1n) is 11.9. The average Bonchev–Trinajstić information content (AvgIpc) is 3.33. The van der Waals surface area contributed by atoms with Gasteiger partial charge in [-0.25, -0.2) is 4.68 Å². The van der Waals surface area contributed by atoms with Crippen LogP contribution in [0, 0.1) is 6.92 Å². The summed E-state index contributed by atoms with van der Waals surface area (Å²) >= 11 is 0. The third-order valence-corrected chi connectivity index (χ3v) is 7.08. The molecule has 2 bridgehead atoms. The van der Waals surface area contributed by atoms with Crippen LogP contribution in [0.1, 0.15) is 43.0 Å². The standard InChI is InChI=1S/C24H31F3N4O2/c1-17-14-23(28-31(17)19-2-4-20(5-3-19)33-24(25,26)27)18-8-10-29(11-9-18)12-13-30-15-21-6-7-22(16-30)32-21/h2-5,14,18,21-22H,6-13,15-16H2,1H3. The second kappa shape index (κ2) is 9.27. The van der Waals surface area contributed by atoms with Crippen molar-refractivity contribution in [3.05, 3.63) is 41.7 Å². The number of hydrogen-bond donors (Lipinski definition) is 0. The molecule has 0 spiro atoms. The normalized spacial score (nSPS) is 25.0. The molecule has 3 saturated heterocycles. The second-order valence-electron chi connectivity index (χ2n) is 9.50. The minimum Gasteiger partial charge on any atom is -0.406 e. The molecule has 0 amide bonds. The predicted molar refractivity (Wildman–Crippen MR) is 118 cm³/mol. The molecule has 3 fully saturated rings. The molecule has 0 N–H and O–H groups in total. The van der Waals surface area contributed by atoms with E-state index >= 15 is 0 Å². The highest BCUT2D eigenvalue weighted by Gasteiger charge is 2.34. The molecule has 0 aliphatic carbocycles. The molecule has 9 heteroatoms. The summed E-state index contributed by atoms with van der Waals surface area (Å²) in [4.78, 5) is 5.12. The number of alkyl halides is 3. The lowest BCUT2D eigenvalue weighted by Crippen LogP contribution is -2.46. The van der Waals surface area contributed by atoms with Crippen molar-refractivity contribution in [3.63, 3.8) is 0 Å². The lowest BCUT2D eigenvalue weighted by molar-refractivity contribution is -0.274. The van der Waals surface area contributed by atoms with Gasteiger partial charge in [0.25, 0.3) is 0 Å². The van der Waals surface area contributed by atoms with Crippen LogP contribution in [-0.2, 0) is 4.74 Å². The van der Waals surface area contributed by atoms with Crippen molar-refractivity contribution < 1.29 is 22.6 Å². The molecule has 2 atom stereocenters. The zero-order chi connectivity index (χ0) is 23.0. The molecule has 6 nitrogen and oxygen atoms in total. The van der Waals surface area contributed by atoms with Gasteiger partial charge in [-0.15, -0.1) is 13.2 Å². The van der Waals surface area contributed by atoms with Gasteiger partial charge in [-0.3, -0.25) is 4.90 Å². The van der Waals surface area contributed by atoms with Crippen molar-refractivity contribution in [2.45, 2.75) is 57.1 Å². The van der Waals surface area contributed by atoms with Crippen LogP contribution in [0.2, 0.25) is 0 Å². The van der Waals surface area contributed by atoms with Crippen molar-refractivity contribution in [2.75, 3.05) is 39.3 Å². The summed E-state index contributed by atoms with van der Waals surface area (Å²) in [5.74, 6) is 0.182. The number of hydrogen-bond acceptors (Lipinski definition) is 5. The minimum absolute atomic E-state index is 0.228. The number of benzene rings is 1. The molecule has 3 aliphatic rings. The molecule has 4 heterocycles. The van der Waals surface area contributed by atoms with Gasteiger partial charge in [0, 0.05) is 37.8 Å². The van der Waals surface area contributed by atoms with E-state index in [1.807, 2.05) is 6.92 Å². The number of aromatic nitrogens is 2. The van der Waals surface area contributed by atoms with Gasteiger partial charge in [-0.1, -0.05) is 0 Å². The maximum Gasteiger partial charge on any atom is 0.573 e. The minimum atomic E-state index is -4.69. The van der Waals surface area contributed by atoms with E-state index in [1.165, 1.54) is 25.0 Å². The number of ether oxygens (including phenoxy) is 2. The SMILES string of the molecule is Cc1cc(C2CCN(CCN3CC4CCC(C3)O4)CC2)nn1-c1ccc(OC(F)(F)F)cc1. The first-order valence-corrected chi connectivity index (χ1v) is 11.9. The zero-order valence-electron chi connectivity index (χ0n) is 18.9. The summed E-state index contributed by atoms with van der Waals surface area (Å²) < 4.78 is 48.9. The van der Waals surface area contributed by atoms with Crippen molar-refractivity contribution in [1.29, 1.82) is 0 Å². The summed E-state index contributed by atoms with van der Waals surface area (Å²) in [6, 6.07) is 7.95. The summed E-state index contributed by atoms with van der Waals surface area (Å²) in [6.07, 6.45) is 0.774. The van der Waals surface area contributed by atoms with E-state index in [4.69, 9.17) is 9.84 Å². The molecule has 5 rings (SSSR count). The number of aryl methyl sites for hydroxylation is 1. The Labute approximate surface area is 192 Å². The largest absolute Gasteiger partial charge is 0.573 e. The summed E-state index contributed by atoms with van der Waals surface area (Å²) in [5, 5.41) is 4.79. The maximum atomic E-state index is 12.4. The highest BCUT2D eigenvalue weighted by atomic mass is 19.4. The van der Waals surface area contributed by atoms with Gasteiger partial charge in [-0.2, -0.15) is 5.10 Å². The smallest absolute Gasteiger partial charge is 0.406 e. The number of nitrogens with zero attached hydrogens (tertiary/aromatic N) is 4. The third-order valence-electron chi connectivity index (χ3n) is 7.08. The monoisotopic (exact) mass is 464 g/mol. The zero-order valence-corrected chi connectivity index (χ0v) is 18.9. The van der Waals surface area contributed by atoms with Gasteiger partial charge in [0.15, 0.2) is 0 Å². The van der Waals surface area contributed by atoms with E-state index in [0.717, 1.165) is 69.2 Å². The Morgan fingerprint density at radius 3 is 2.24 bits per heavy atom. The van der Waals surface area contributed by atoms with E-state index in [2.05, 4.69) is 20.6 Å². The first-order chi connectivity index (χ1) is 15.8. The molecule has 2 unspecified atom stereocenters. The first kappa shape index (κ1) is 22.7. The average molecular weight is 465 g/mol. The van der Waals surface area contributed by atoms with Crippen LogP contribution in [0.5, 0.6) is 5.75 Å². The number of rotatable bonds is 6. The Hall–Kier alpha value is -2.10. The van der Waals surface area contributed by atoms with Gasteiger partial charge in [0.1, 0.15) is 5.75 Å². The van der Waals surface area contributed by atoms with E-state index in [-0.39, 0.29) is 5.75 Å². The summed E-state index contributed by atoms with van der Waals surface area (Å²) in [5.41, 5.74) is 2.76. The van der Waals surface area contributed by atoms with Crippen molar-refractivity contribution >= 4 is 0 Å². The van der Waals surface area contributed by atoms with E-state index < -0.39 is 6.36 Å². The highest BCUT2D eigenvalue weighted by molar-refractivity contribution is 5.38. The molecule has 0 radical (unpaired) electrons. The van der Waals surface area contributed by atoms with Crippen molar-refractivity contribution in [3.8, 4) is 11.4 Å². The van der Waals surface area contributed by atoms with E-state index in [1.54, 1.807) is 16.8 Å². The molecule has 0 saturated carbocycles. The van der Waals surface area contributed by atoms with Crippen molar-refractivity contribution in [2.24, 2.45) is 0 Å². The topological polar surface area (TPSA) is 42.8 Å². The Balaban J connectivity index is 1.13. The Morgan fingerprint density at radius 1 is 0.970 bits per heavy atom. The highest BCUT2D eigenvalue weighted by Crippen LogP contribution is 2.30. The molecule has 1 aromatic heterocycles. The molecular weight excluding hydrogens is 433 g/mol. The molecule has 180 valence electrons. The number of likely N-dealkylation sites (tertiary alicyclic amines) is 2. The van der Waals surface area contributed by atoms with Gasteiger partial charge in [0.05, 0.1) is 23.6 Å². The molecule has 1 aromatic carbocycles. The fourth-order valence-corrected chi connectivity index (χ4v) is 5.37. The Morgan fingerprint density at radius 2 is 1.61 bits per heavy atom.